The van der Waals surface area contributed by atoms with Gasteiger partial charge < -0.3 is 68.5 Å². The predicted octanol–water partition coefficient (Wildman–Crippen LogP) is -2.15. The van der Waals surface area contributed by atoms with E-state index in [9.17, 15) is 30.8 Å². The van der Waals surface area contributed by atoms with Gasteiger partial charge in [-0.1, -0.05) is 12.1 Å². The number of nitrogens with zero attached hydrogens (tertiary/aromatic N) is 3. The number of thiocarbonyl (C=S) groups is 1. The summed E-state index contributed by atoms with van der Waals surface area (Å²) in [6.07, 6.45) is 0.451. The molecule has 0 aliphatic heterocycles. The number of aliphatic hydroxyl groups excluding tert-OH is 1. The molecule has 40 heavy (non-hydrogen) atoms. The summed E-state index contributed by atoms with van der Waals surface area (Å²) in [5.41, 5.74) is 1.70. The number of rotatable bonds is 22. The largest absolute Gasteiger partial charge is 0.759 e. The van der Waals surface area contributed by atoms with Crippen molar-refractivity contribution in [3.05, 3.63) is 63.7 Å². The molecule has 16 heteroatoms. The molecule has 1 rings (SSSR count). The van der Waals surface area contributed by atoms with Crippen molar-refractivity contribution in [3.63, 3.8) is 0 Å². The van der Waals surface area contributed by atoms with Crippen LogP contribution >= 0.6 is 12.2 Å². The minimum Gasteiger partial charge on any atom is -0.759 e. The van der Waals surface area contributed by atoms with Crippen LogP contribution in [0.5, 0.6) is 0 Å². The van der Waals surface area contributed by atoms with Crippen molar-refractivity contribution in [2.75, 3.05) is 64.7 Å². The van der Waals surface area contributed by atoms with Crippen LogP contribution in [0.15, 0.2) is 24.3 Å². The Balaban J connectivity index is 0. The molecule has 0 aliphatic carbocycles. The molecule has 0 aromatic heterocycles. The van der Waals surface area contributed by atoms with Crippen molar-refractivity contribution >= 4 is 29.0 Å². The van der Waals surface area contributed by atoms with E-state index in [1.54, 1.807) is 21.7 Å². The summed E-state index contributed by atoms with van der Waals surface area (Å²) in [7, 11) is 1.71. The molecule has 0 amide bonds. The Hall–Kier alpha value is -0.695. The predicted molar refractivity (Wildman–Crippen MR) is 140 cm³/mol. The van der Waals surface area contributed by atoms with Crippen LogP contribution in [0.2, 0.25) is 0 Å². The summed E-state index contributed by atoms with van der Waals surface area (Å²) >= 11 is 5.11. The second kappa shape index (κ2) is 26.0. The Labute approximate surface area is 273 Å². The van der Waals surface area contributed by atoms with E-state index in [1.807, 2.05) is 24.3 Å². The first-order valence-electron chi connectivity index (χ1n) is 11.6. The fraction of sp³-hybridized carbons (Fsp3) is 0.458. The maximum atomic E-state index is 11.6. The number of carboxylic acid groups (broad SMARTS) is 1. The van der Waals surface area contributed by atoms with E-state index in [2.05, 4.69) is 25.3 Å². The first-order chi connectivity index (χ1) is 18.4. The molecule has 0 fully saturated rings. The van der Waals surface area contributed by atoms with E-state index in [0.717, 1.165) is 37.7 Å². The zero-order valence-corrected chi connectivity index (χ0v) is 25.5. The van der Waals surface area contributed by atoms with Crippen LogP contribution in [0.1, 0.15) is 5.56 Å². The van der Waals surface area contributed by atoms with Gasteiger partial charge in [0, 0.05) is 78.4 Å². The first-order valence-corrected chi connectivity index (χ1v) is 12.0. The van der Waals surface area contributed by atoms with Gasteiger partial charge in [0.05, 0.1) is 6.54 Å². The molecule has 0 saturated carbocycles. The van der Waals surface area contributed by atoms with Gasteiger partial charge in [0.1, 0.15) is 0 Å². The van der Waals surface area contributed by atoms with Crippen LogP contribution in [0, 0.1) is 73.8 Å². The van der Waals surface area contributed by atoms with E-state index < -0.39 is 5.97 Å². The van der Waals surface area contributed by atoms with Crippen molar-refractivity contribution in [3.8, 4) is 0 Å². The summed E-state index contributed by atoms with van der Waals surface area (Å²) in [6, 6.07) is 7.14. The molecule has 0 heterocycles. The van der Waals surface area contributed by atoms with Crippen LogP contribution in [0.4, 0.5) is 5.69 Å². The standard InChI is InChI=1S/C23H37N5O9S.CH3.Gd/c1-24-23(38)25-20-4-2-19(3-5-20)16-21(28(8-12-29)11-15-37-34)17-27(18-22(30)31)7-6-26(9-13-35-32)10-14-36-33;;/h2-5,12-15,21,29,32-34H,6-11,16-18H2,1H3,(H,30,31)(H2,24,25,38);1H3;/q-4;-1;/p-3. The third-order valence-corrected chi connectivity index (χ3v) is 5.79. The normalized spacial score (nSPS) is 11.7. The minimum atomic E-state index is -1.05. The molecule has 4 N–H and O–H groups in total. The third kappa shape index (κ3) is 18.7. The number of anilines is 1. The molecule has 1 aromatic carbocycles. The zero-order valence-electron chi connectivity index (χ0n) is 22.4. The molecule has 0 bridgehead atoms. The molecule has 0 radical (unpaired) electrons. The van der Waals surface area contributed by atoms with Crippen LogP contribution < -0.4 is 26.4 Å². The van der Waals surface area contributed by atoms with E-state index in [0.29, 0.717) is 11.5 Å². The van der Waals surface area contributed by atoms with Crippen molar-refractivity contribution in [1.29, 1.82) is 0 Å². The van der Waals surface area contributed by atoms with Gasteiger partial charge in [-0.05, 0) is 36.3 Å². The fourth-order valence-electron chi connectivity index (χ4n) is 3.64. The maximum absolute atomic E-state index is 11.6. The monoisotopic (exact) mass is 729 g/mol. The smallest absolute Gasteiger partial charge is 0.317 e. The van der Waals surface area contributed by atoms with Crippen LogP contribution in [0.25, 0.3) is 0 Å². The van der Waals surface area contributed by atoms with E-state index in [4.69, 9.17) is 12.2 Å². The number of aliphatic hydroxyl groups is 1. The van der Waals surface area contributed by atoms with E-state index in [-0.39, 0.29) is 106 Å². The van der Waals surface area contributed by atoms with Gasteiger partial charge in [-0.25, -0.2) is 26.4 Å². The number of hydrogen-bond acceptors (Lipinski definition) is 12. The molecule has 1 atom stereocenters. The number of carboxylic acids is 1. The van der Waals surface area contributed by atoms with Gasteiger partial charge in [-0.3, -0.25) is 9.69 Å². The molecule has 0 aliphatic rings. The summed E-state index contributed by atoms with van der Waals surface area (Å²) in [5, 5.41) is 56.7. The maximum Gasteiger partial charge on any atom is 0.317 e. The van der Waals surface area contributed by atoms with Crippen molar-refractivity contribution < 1.29 is 85.4 Å². The Morgan fingerprint density at radius 1 is 1.00 bits per heavy atom. The van der Waals surface area contributed by atoms with E-state index >= 15 is 0 Å². The second-order valence-corrected chi connectivity index (χ2v) is 8.48. The van der Waals surface area contributed by atoms with Gasteiger partial charge >= 0.3 is 5.97 Å². The van der Waals surface area contributed by atoms with Gasteiger partial charge in [0.15, 0.2) is 5.11 Å². The molecule has 0 saturated heterocycles. The average molecular weight is 729 g/mol. The quantitative estimate of drug-likeness (QED) is 0.0438. The van der Waals surface area contributed by atoms with Crippen LogP contribution in [0.3, 0.4) is 0 Å². The Morgan fingerprint density at radius 3 is 2.05 bits per heavy atom. The van der Waals surface area contributed by atoms with Crippen molar-refractivity contribution in [1.82, 2.24) is 20.0 Å². The molecule has 0 spiro atoms. The molecule has 1 aromatic rings. The zero-order chi connectivity index (χ0) is 28.2. The summed E-state index contributed by atoms with van der Waals surface area (Å²) in [6.45, 7) is 4.84. The Bertz CT molecular complexity index is 778. The third-order valence-electron chi connectivity index (χ3n) is 5.48. The van der Waals surface area contributed by atoms with Gasteiger partial charge in [-0.15, -0.1) is 26.2 Å². The van der Waals surface area contributed by atoms with E-state index in [1.165, 1.54) is 0 Å². The minimum absolute atomic E-state index is 0. The summed E-state index contributed by atoms with van der Waals surface area (Å²) in [4.78, 5) is 28.1. The molecular formula is C24H37GdN5O9S-8. The number of nitrogens with one attached hydrogen (secondary N) is 2. The van der Waals surface area contributed by atoms with Gasteiger partial charge in [0.2, 0.25) is 0 Å². The molecule has 14 nitrogen and oxygen atoms in total. The van der Waals surface area contributed by atoms with Crippen molar-refractivity contribution in [2.45, 2.75) is 12.5 Å². The van der Waals surface area contributed by atoms with Gasteiger partial charge in [-0.2, -0.15) is 0 Å². The summed E-state index contributed by atoms with van der Waals surface area (Å²) < 4.78 is 0. The number of carbonyl (C=O) groups is 1. The van der Waals surface area contributed by atoms with Crippen LogP contribution in [-0.2, 0) is 25.9 Å². The Morgan fingerprint density at radius 2 is 1.55 bits per heavy atom. The van der Waals surface area contributed by atoms with Crippen LogP contribution in [-0.4, -0.2) is 101 Å². The second-order valence-electron chi connectivity index (χ2n) is 8.07. The van der Waals surface area contributed by atoms with Gasteiger partial charge in [0.25, 0.3) is 0 Å². The number of aliphatic carboxylic acids is 1. The number of hydrogen-bond donors (Lipinski definition) is 4. The molecular weight excluding hydrogens is 692 g/mol. The molecule has 1 unspecified atom stereocenters. The average Bonchev–Trinajstić information content (AvgIpc) is 2.90. The summed E-state index contributed by atoms with van der Waals surface area (Å²) in [5.74, 6) is -1.05. The first kappa shape index (κ1) is 41.4. The SMILES string of the molecule is CNC(=S)Nc1ccc(CC(CN(CCN(C[CH-]O[O-])C[CH-]O[O-])CC(=O)O)N(C[CH-]O)C[CH-]O[O-])cc1.[CH3-].[Gd]. The Kier molecular flexibility index (Phi) is 26.9. The number of benzene rings is 1. The molecule has 234 valence electrons. The fourth-order valence-corrected chi connectivity index (χ4v) is 3.76. The topological polar surface area (TPSA) is 188 Å². The van der Waals surface area contributed by atoms with Crippen molar-refractivity contribution in [2.24, 2.45) is 0 Å².